The lowest BCUT2D eigenvalue weighted by molar-refractivity contribution is -0.138. The Hall–Kier alpha value is -7.04. The zero-order chi connectivity index (χ0) is 42.5. The highest BCUT2D eigenvalue weighted by molar-refractivity contribution is 6.08. The van der Waals surface area contributed by atoms with Crippen LogP contribution in [-0.4, -0.2) is 86.7 Å². The third-order valence-electron chi connectivity index (χ3n) is 11.1. The summed E-state index contributed by atoms with van der Waals surface area (Å²) in [6.07, 6.45) is 0.916. The first-order valence-electron chi connectivity index (χ1n) is 19.3. The summed E-state index contributed by atoms with van der Waals surface area (Å²) in [7, 11) is 0. The summed E-state index contributed by atoms with van der Waals surface area (Å²) in [5.74, 6) is -6.69. The van der Waals surface area contributed by atoms with Crippen LogP contribution in [0.15, 0.2) is 88.2 Å². The summed E-state index contributed by atoms with van der Waals surface area (Å²) in [6, 6.07) is 17.7. The fraction of sp³-hybridized carbons (Fsp3) is 0.302. The second-order valence-electron chi connectivity index (χ2n) is 15.7. The highest BCUT2D eigenvalue weighted by atomic mass is 19.3. The van der Waals surface area contributed by atoms with Gasteiger partial charge in [0.1, 0.15) is 11.6 Å². The number of pyridine rings is 1. The van der Waals surface area contributed by atoms with Crippen molar-refractivity contribution in [2.24, 2.45) is 0 Å². The highest BCUT2D eigenvalue weighted by Crippen LogP contribution is 2.36. The monoisotopic (exact) mass is 819 g/mol. The number of likely N-dealkylation sites (tertiary alicyclic amines) is 1. The van der Waals surface area contributed by atoms with Crippen molar-refractivity contribution < 1.29 is 42.0 Å². The number of para-hydroxylation sites is 1. The number of alkyl halides is 2. The summed E-state index contributed by atoms with van der Waals surface area (Å²) < 4.78 is 35.4. The van der Waals surface area contributed by atoms with Gasteiger partial charge >= 0.3 is 5.63 Å². The van der Waals surface area contributed by atoms with Crippen LogP contribution in [0.2, 0.25) is 0 Å². The maximum absolute atomic E-state index is 14.9. The number of aromatic nitrogens is 1. The molecular formula is C43H39F2N7O8. The molecule has 2 unspecified atom stereocenters. The van der Waals surface area contributed by atoms with E-state index in [1.54, 1.807) is 60.7 Å². The third-order valence-corrected chi connectivity index (χ3v) is 11.1. The van der Waals surface area contributed by atoms with Gasteiger partial charge in [0, 0.05) is 71.5 Å². The van der Waals surface area contributed by atoms with E-state index in [9.17, 15) is 42.3 Å². The lowest BCUT2D eigenvalue weighted by atomic mass is 9.91. The van der Waals surface area contributed by atoms with Crippen molar-refractivity contribution in [2.45, 2.75) is 69.7 Å². The second kappa shape index (κ2) is 15.3. The summed E-state index contributed by atoms with van der Waals surface area (Å²) in [6.45, 7) is 1.58. The molecule has 2 aromatic heterocycles. The van der Waals surface area contributed by atoms with Gasteiger partial charge in [0.25, 0.3) is 17.7 Å². The van der Waals surface area contributed by atoms with E-state index in [2.05, 4.69) is 26.3 Å². The number of rotatable bonds is 11. The van der Waals surface area contributed by atoms with Crippen LogP contribution in [-0.2, 0) is 32.3 Å². The molecule has 5 heterocycles. The molecule has 8 rings (SSSR count). The zero-order valence-corrected chi connectivity index (χ0v) is 32.5. The number of benzene rings is 3. The molecule has 308 valence electrons. The number of carbonyl (C=O) groups is 6. The van der Waals surface area contributed by atoms with Crippen molar-refractivity contribution in [3.8, 4) is 0 Å². The summed E-state index contributed by atoms with van der Waals surface area (Å²) in [4.78, 5) is 97.3. The van der Waals surface area contributed by atoms with E-state index < -0.39 is 72.2 Å². The number of hydrogen-bond donors (Lipinski definition) is 4. The number of carbonyl (C=O) groups excluding carboxylic acids is 6. The predicted octanol–water partition coefficient (Wildman–Crippen LogP) is 4.14. The van der Waals surface area contributed by atoms with Crippen LogP contribution in [0.4, 0.5) is 20.2 Å². The Morgan fingerprint density at radius 1 is 1.00 bits per heavy atom. The Balaban J connectivity index is 0.924. The average Bonchev–Trinajstić information content (AvgIpc) is 3.73. The van der Waals surface area contributed by atoms with Crippen LogP contribution in [0.3, 0.4) is 0 Å². The Labute approximate surface area is 340 Å². The van der Waals surface area contributed by atoms with Crippen LogP contribution in [0.25, 0.3) is 21.9 Å². The van der Waals surface area contributed by atoms with Crippen molar-refractivity contribution >= 4 is 68.6 Å². The van der Waals surface area contributed by atoms with Crippen molar-refractivity contribution in [3.05, 3.63) is 112 Å². The molecule has 3 aromatic carbocycles. The topological polar surface area (TPSA) is 200 Å². The number of amides is 5. The first kappa shape index (κ1) is 39.8. The first-order chi connectivity index (χ1) is 28.6. The number of nitrogens with zero attached hydrogens (tertiary/aromatic N) is 3. The molecule has 0 radical (unpaired) electrons. The van der Waals surface area contributed by atoms with E-state index in [-0.39, 0.29) is 54.5 Å². The third kappa shape index (κ3) is 7.65. The van der Waals surface area contributed by atoms with Crippen LogP contribution < -0.4 is 26.9 Å². The Bertz CT molecular complexity index is 2690. The van der Waals surface area contributed by atoms with Crippen molar-refractivity contribution in [1.29, 1.82) is 0 Å². The molecule has 15 nitrogen and oxygen atoms in total. The molecule has 3 aliphatic rings. The SMILES string of the molecule is CC(C)(Nc1ccc2cc(CNc3cccc4c3CN(C3CCC(=O)NC3=O)C4=O)c(=O)oc2c1)C(=O)C1CC(F)(F)CN1C(=O)CNC(=O)c1ccnc2ccccc12. The molecule has 0 spiro atoms. The predicted molar refractivity (Wildman–Crippen MR) is 214 cm³/mol. The first-order valence-corrected chi connectivity index (χ1v) is 19.3. The average molecular weight is 820 g/mol. The molecule has 2 fully saturated rings. The number of Topliss-reactive ketones (excluding diaryl/α,β-unsaturated/α-hetero) is 1. The molecule has 5 aromatic rings. The molecule has 2 atom stereocenters. The van der Waals surface area contributed by atoms with Gasteiger partial charge in [-0.25, -0.2) is 13.6 Å². The van der Waals surface area contributed by atoms with Gasteiger partial charge in [-0.1, -0.05) is 24.3 Å². The van der Waals surface area contributed by atoms with Crippen molar-refractivity contribution in [2.75, 3.05) is 23.7 Å². The Kier molecular flexibility index (Phi) is 10.1. The van der Waals surface area contributed by atoms with Gasteiger partial charge in [-0.3, -0.25) is 39.1 Å². The molecular weight excluding hydrogens is 781 g/mol. The van der Waals surface area contributed by atoms with Crippen molar-refractivity contribution in [1.82, 2.24) is 25.4 Å². The second-order valence-corrected chi connectivity index (χ2v) is 15.7. The smallest absolute Gasteiger partial charge is 0.341 e. The van der Waals surface area contributed by atoms with E-state index in [0.717, 1.165) is 4.90 Å². The number of hydrogen-bond acceptors (Lipinski definition) is 11. The molecule has 0 saturated carbocycles. The molecule has 5 amide bonds. The fourth-order valence-corrected chi connectivity index (χ4v) is 8.10. The maximum atomic E-state index is 14.9. The van der Waals surface area contributed by atoms with Crippen molar-refractivity contribution in [3.63, 3.8) is 0 Å². The summed E-state index contributed by atoms with van der Waals surface area (Å²) in [5.41, 5.74) is 1.16. The lowest BCUT2D eigenvalue weighted by Gasteiger charge is -2.32. The number of imide groups is 1. The molecule has 3 aliphatic heterocycles. The van der Waals surface area contributed by atoms with Gasteiger partial charge in [-0.05, 0) is 62.7 Å². The normalized spacial score (nSPS) is 18.7. The van der Waals surface area contributed by atoms with E-state index >= 15 is 0 Å². The van der Waals surface area contributed by atoms with Crippen LogP contribution in [0.1, 0.15) is 65.0 Å². The van der Waals surface area contributed by atoms with E-state index in [1.165, 1.54) is 37.1 Å². The van der Waals surface area contributed by atoms with E-state index in [0.29, 0.717) is 38.8 Å². The molecule has 17 heteroatoms. The van der Waals surface area contributed by atoms with E-state index in [4.69, 9.17) is 4.42 Å². The van der Waals surface area contributed by atoms with Gasteiger partial charge < -0.3 is 30.2 Å². The maximum Gasteiger partial charge on any atom is 0.341 e. The quantitative estimate of drug-likeness (QED) is 0.110. The lowest BCUT2D eigenvalue weighted by Crippen LogP contribution is -2.53. The Morgan fingerprint density at radius 2 is 1.80 bits per heavy atom. The summed E-state index contributed by atoms with van der Waals surface area (Å²) in [5, 5.41) is 12.1. The summed E-state index contributed by atoms with van der Waals surface area (Å²) >= 11 is 0. The zero-order valence-electron chi connectivity index (χ0n) is 32.5. The number of ketones is 1. The minimum atomic E-state index is -3.34. The minimum Gasteiger partial charge on any atom is -0.422 e. The minimum absolute atomic E-state index is 0.0361. The highest BCUT2D eigenvalue weighted by Gasteiger charge is 2.52. The van der Waals surface area contributed by atoms with Crippen LogP contribution >= 0.6 is 0 Å². The van der Waals surface area contributed by atoms with E-state index in [1.807, 2.05) is 0 Å². The standard InChI is InChI=1S/C43H39F2N7O8/c1-42(2,37(55)33-18-43(44,45)22-52(33)36(54)20-48-38(56)27-14-15-46-30-8-4-3-6-26(27)30)50-25-11-10-23-16-24(41(59)60-34(23)17-25)19-47-31-9-5-7-28-29(31)21-51(40(28)58)32-12-13-35(53)49-39(32)57/h3-11,14-17,32-33,47,50H,12-13,18-22H2,1-2H3,(H,48,56)(H,49,53,57). The largest absolute Gasteiger partial charge is 0.422 e. The fourth-order valence-electron chi connectivity index (χ4n) is 8.10. The Morgan fingerprint density at radius 3 is 2.60 bits per heavy atom. The molecule has 0 bridgehead atoms. The van der Waals surface area contributed by atoms with Gasteiger partial charge in [-0.15, -0.1) is 0 Å². The van der Waals surface area contributed by atoms with Gasteiger partial charge in [0.15, 0.2) is 5.78 Å². The molecule has 0 aliphatic carbocycles. The number of piperidine rings is 1. The number of nitrogens with one attached hydrogen (secondary N) is 4. The van der Waals surface area contributed by atoms with Gasteiger partial charge in [0.2, 0.25) is 17.7 Å². The molecule has 4 N–H and O–H groups in total. The number of fused-ring (bicyclic) bond motifs is 3. The number of anilines is 2. The van der Waals surface area contributed by atoms with Gasteiger partial charge in [-0.2, -0.15) is 0 Å². The van der Waals surface area contributed by atoms with Gasteiger partial charge in [0.05, 0.1) is 41.3 Å². The molecule has 60 heavy (non-hydrogen) atoms. The number of halogens is 2. The van der Waals surface area contributed by atoms with Crippen LogP contribution in [0, 0.1) is 0 Å². The molecule has 2 saturated heterocycles. The van der Waals surface area contributed by atoms with Crippen LogP contribution in [0.5, 0.6) is 0 Å².